The number of furan rings is 1. The van der Waals surface area contributed by atoms with E-state index in [0.29, 0.717) is 5.02 Å². The van der Waals surface area contributed by atoms with E-state index in [4.69, 9.17) is 25.3 Å². The number of halogens is 1. The molecule has 2 heterocycles. The van der Waals surface area contributed by atoms with Crippen molar-refractivity contribution < 1.29 is 13.7 Å². The Bertz CT molecular complexity index is 617. The smallest absolute Gasteiger partial charge is 0.465 e. The fourth-order valence-electron chi connectivity index (χ4n) is 2.20. The second-order valence-electron chi connectivity index (χ2n) is 5.89. The quantitative estimate of drug-likeness (QED) is 0.749. The van der Waals surface area contributed by atoms with Crippen molar-refractivity contribution in [2.75, 3.05) is 0 Å². The molecule has 0 radical (unpaired) electrons. The summed E-state index contributed by atoms with van der Waals surface area (Å²) in [5.74, 6) is 0. The molecule has 5 heteroatoms. The molecule has 1 fully saturated rings. The molecular formula is C14H16BClO3. The van der Waals surface area contributed by atoms with Crippen LogP contribution in [0.5, 0.6) is 0 Å². The predicted molar refractivity (Wildman–Crippen MR) is 76.9 cm³/mol. The largest absolute Gasteiger partial charge is 0.498 e. The number of benzene rings is 1. The second kappa shape index (κ2) is 4.01. The van der Waals surface area contributed by atoms with Gasteiger partial charge in [-0.2, -0.15) is 0 Å². The third-order valence-corrected chi connectivity index (χ3v) is 4.43. The predicted octanol–water partition coefficient (Wildman–Crippen LogP) is 3.39. The summed E-state index contributed by atoms with van der Waals surface area (Å²) in [6.45, 7) is 8.12. The Morgan fingerprint density at radius 2 is 1.63 bits per heavy atom. The first-order chi connectivity index (χ1) is 8.82. The molecule has 0 aliphatic carbocycles. The van der Waals surface area contributed by atoms with Crippen LogP contribution in [0.25, 0.3) is 11.0 Å². The summed E-state index contributed by atoms with van der Waals surface area (Å²) < 4.78 is 17.6. The normalized spacial score (nSPS) is 21.2. The van der Waals surface area contributed by atoms with Gasteiger partial charge >= 0.3 is 7.12 Å². The van der Waals surface area contributed by atoms with Crippen LogP contribution in [0, 0.1) is 0 Å². The van der Waals surface area contributed by atoms with Crippen LogP contribution >= 0.6 is 11.6 Å². The minimum atomic E-state index is -0.434. The van der Waals surface area contributed by atoms with Gasteiger partial charge in [0.1, 0.15) is 5.58 Å². The highest BCUT2D eigenvalue weighted by atomic mass is 35.5. The molecule has 100 valence electrons. The van der Waals surface area contributed by atoms with Crippen molar-refractivity contribution in [2.45, 2.75) is 38.9 Å². The van der Waals surface area contributed by atoms with Crippen LogP contribution < -0.4 is 5.46 Å². The average molecular weight is 279 g/mol. The number of hydrogen-bond acceptors (Lipinski definition) is 3. The van der Waals surface area contributed by atoms with E-state index in [1.165, 1.54) is 0 Å². The van der Waals surface area contributed by atoms with E-state index in [2.05, 4.69) is 0 Å². The molecule has 19 heavy (non-hydrogen) atoms. The zero-order valence-electron chi connectivity index (χ0n) is 11.5. The van der Waals surface area contributed by atoms with E-state index in [9.17, 15) is 0 Å². The monoisotopic (exact) mass is 278 g/mol. The topological polar surface area (TPSA) is 31.6 Å². The van der Waals surface area contributed by atoms with Gasteiger partial charge in [0.25, 0.3) is 0 Å². The standard InChI is InChI=1S/C14H16BClO3/c1-13(2)14(3,4)19-15(18-13)10-5-6-11(16)9-7-8-17-12(9)10/h5-8H,1-4H3. The Morgan fingerprint density at radius 1 is 1.00 bits per heavy atom. The van der Waals surface area contributed by atoms with Gasteiger partial charge in [0, 0.05) is 10.8 Å². The van der Waals surface area contributed by atoms with Gasteiger partial charge in [0.05, 0.1) is 22.5 Å². The van der Waals surface area contributed by atoms with E-state index in [0.717, 1.165) is 16.4 Å². The zero-order chi connectivity index (χ0) is 13.8. The van der Waals surface area contributed by atoms with Crippen LogP contribution in [-0.4, -0.2) is 18.3 Å². The van der Waals surface area contributed by atoms with Crippen molar-refractivity contribution in [3.05, 3.63) is 29.5 Å². The molecule has 1 aliphatic heterocycles. The fraction of sp³-hybridized carbons (Fsp3) is 0.429. The summed E-state index contributed by atoms with van der Waals surface area (Å²) in [5, 5.41) is 1.55. The molecular weight excluding hydrogens is 262 g/mol. The summed E-state index contributed by atoms with van der Waals surface area (Å²) in [7, 11) is -0.434. The van der Waals surface area contributed by atoms with Gasteiger partial charge in [-0.25, -0.2) is 0 Å². The Hall–Kier alpha value is -0.965. The first kappa shape index (κ1) is 13.0. The molecule has 2 aromatic rings. The molecule has 0 N–H and O–H groups in total. The van der Waals surface area contributed by atoms with Crippen LogP contribution in [0.4, 0.5) is 0 Å². The highest BCUT2D eigenvalue weighted by molar-refractivity contribution is 6.65. The lowest BCUT2D eigenvalue weighted by Gasteiger charge is -2.32. The van der Waals surface area contributed by atoms with E-state index >= 15 is 0 Å². The van der Waals surface area contributed by atoms with Gasteiger partial charge in [-0.3, -0.25) is 0 Å². The lowest BCUT2D eigenvalue weighted by atomic mass is 9.78. The number of hydrogen-bond donors (Lipinski definition) is 0. The van der Waals surface area contributed by atoms with Crippen molar-refractivity contribution in [1.29, 1.82) is 0 Å². The maximum Gasteiger partial charge on any atom is 0.498 e. The van der Waals surface area contributed by atoms with Crippen LogP contribution in [0.3, 0.4) is 0 Å². The van der Waals surface area contributed by atoms with Gasteiger partial charge in [0.15, 0.2) is 0 Å². The summed E-state index contributed by atoms with van der Waals surface area (Å²) in [6.07, 6.45) is 1.63. The molecule has 1 aliphatic rings. The van der Waals surface area contributed by atoms with Crippen molar-refractivity contribution in [2.24, 2.45) is 0 Å². The zero-order valence-corrected chi connectivity index (χ0v) is 12.2. The maximum atomic E-state index is 6.15. The Kier molecular flexibility index (Phi) is 2.75. The van der Waals surface area contributed by atoms with Gasteiger partial charge < -0.3 is 13.7 Å². The molecule has 3 nitrogen and oxygen atoms in total. The van der Waals surface area contributed by atoms with Crippen molar-refractivity contribution in [3.8, 4) is 0 Å². The Labute approximate surface area is 118 Å². The number of fused-ring (bicyclic) bond motifs is 1. The minimum Gasteiger partial charge on any atom is -0.465 e. The molecule has 1 aromatic heterocycles. The van der Waals surface area contributed by atoms with Gasteiger partial charge in [-0.1, -0.05) is 17.7 Å². The van der Waals surface area contributed by atoms with Gasteiger partial charge in [0.2, 0.25) is 0 Å². The van der Waals surface area contributed by atoms with Crippen molar-refractivity contribution >= 4 is 35.2 Å². The molecule has 1 saturated heterocycles. The van der Waals surface area contributed by atoms with E-state index in [1.807, 2.05) is 45.9 Å². The summed E-state index contributed by atoms with van der Waals surface area (Å²) in [6, 6.07) is 5.60. The molecule has 0 unspecified atom stereocenters. The van der Waals surface area contributed by atoms with E-state index in [-0.39, 0.29) is 11.2 Å². The summed E-state index contributed by atoms with van der Waals surface area (Å²) in [4.78, 5) is 0. The van der Waals surface area contributed by atoms with Gasteiger partial charge in [-0.15, -0.1) is 0 Å². The SMILES string of the molecule is CC1(C)OB(c2ccc(Cl)c3ccoc23)OC1(C)C. The van der Waals surface area contributed by atoms with Crippen LogP contribution in [-0.2, 0) is 9.31 Å². The van der Waals surface area contributed by atoms with Crippen molar-refractivity contribution in [3.63, 3.8) is 0 Å². The summed E-state index contributed by atoms with van der Waals surface area (Å²) in [5.41, 5.74) is 0.876. The molecule has 0 bridgehead atoms. The van der Waals surface area contributed by atoms with E-state index < -0.39 is 7.12 Å². The average Bonchev–Trinajstić information content (AvgIpc) is 2.84. The minimum absolute atomic E-state index is 0.365. The lowest BCUT2D eigenvalue weighted by Crippen LogP contribution is -2.41. The molecule has 0 amide bonds. The van der Waals surface area contributed by atoms with Crippen LogP contribution in [0.2, 0.25) is 5.02 Å². The first-order valence-electron chi connectivity index (χ1n) is 6.33. The Balaban J connectivity index is 2.08. The molecule has 3 rings (SSSR count). The first-order valence-corrected chi connectivity index (χ1v) is 6.71. The van der Waals surface area contributed by atoms with Crippen molar-refractivity contribution in [1.82, 2.24) is 0 Å². The molecule has 0 spiro atoms. The molecule has 0 saturated carbocycles. The highest BCUT2D eigenvalue weighted by Gasteiger charge is 2.52. The highest BCUT2D eigenvalue weighted by Crippen LogP contribution is 2.37. The Morgan fingerprint density at radius 3 is 2.26 bits per heavy atom. The van der Waals surface area contributed by atoms with Crippen LogP contribution in [0.15, 0.2) is 28.9 Å². The third kappa shape index (κ3) is 1.90. The maximum absolute atomic E-state index is 6.15. The van der Waals surface area contributed by atoms with E-state index in [1.54, 1.807) is 6.26 Å². The summed E-state index contributed by atoms with van der Waals surface area (Å²) >= 11 is 6.15. The van der Waals surface area contributed by atoms with Gasteiger partial charge in [-0.05, 0) is 39.8 Å². The fourth-order valence-corrected chi connectivity index (χ4v) is 2.42. The number of rotatable bonds is 1. The molecule has 0 atom stereocenters. The second-order valence-corrected chi connectivity index (χ2v) is 6.30. The lowest BCUT2D eigenvalue weighted by molar-refractivity contribution is 0.00578. The van der Waals surface area contributed by atoms with Crippen LogP contribution in [0.1, 0.15) is 27.7 Å². The third-order valence-electron chi connectivity index (χ3n) is 4.10. The molecule has 1 aromatic carbocycles.